The second-order valence-electron chi connectivity index (χ2n) is 5.02. The lowest BCUT2D eigenvalue weighted by Crippen LogP contribution is -2.31. The van der Waals surface area contributed by atoms with Gasteiger partial charge in [-0.1, -0.05) is 17.7 Å². The number of carbonyl (C=O) groups excluding carboxylic acids is 1. The predicted molar refractivity (Wildman–Crippen MR) is 91.2 cm³/mol. The summed E-state index contributed by atoms with van der Waals surface area (Å²) in [6.45, 7) is 5.58. The molecule has 0 aliphatic carbocycles. The summed E-state index contributed by atoms with van der Waals surface area (Å²) < 4.78 is 10.9. The minimum atomic E-state index is -0.253. The zero-order valence-electron chi connectivity index (χ0n) is 13.5. The van der Waals surface area contributed by atoms with Crippen LogP contribution in [-0.4, -0.2) is 25.8 Å². The Morgan fingerprint density at radius 1 is 1.00 bits per heavy atom. The molecule has 0 radical (unpaired) electrons. The van der Waals surface area contributed by atoms with Crippen LogP contribution in [0.25, 0.3) is 0 Å². The van der Waals surface area contributed by atoms with Gasteiger partial charge in [0.05, 0.1) is 6.61 Å². The van der Waals surface area contributed by atoms with Crippen LogP contribution in [-0.2, 0) is 4.74 Å². The Kier molecular flexibility index (Phi) is 6.44. The summed E-state index contributed by atoms with van der Waals surface area (Å²) in [6.07, 6.45) is 0. The highest BCUT2D eigenvalue weighted by Crippen LogP contribution is 2.23. The molecular formula is C18H22N2O3. The summed E-state index contributed by atoms with van der Waals surface area (Å²) in [6, 6.07) is 14.8. The van der Waals surface area contributed by atoms with Crippen LogP contribution in [0.5, 0.6) is 11.5 Å². The van der Waals surface area contributed by atoms with Crippen molar-refractivity contribution in [2.45, 2.75) is 13.8 Å². The second-order valence-corrected chi connectivity index (χ2v) is 5.02. The molecular weight excluding hydrogens is 292 g/mol. The first-order valence-corrected chi connectivity index (χ1v) is 7.64. The molecule has 0 spiro atoms. The van der Waals surface area contributed by atoms with E-state index in [4.69, 9.17) is 9.47 Å². The van der Waals surface area contributed by atoms with Crippen molar-refractivity contribution in [2.24, 2.45) is 0 Å². The number of urea groups is 1. The van der Waals surface area contributed by atoms with E-state index in [1.54, 1.807) is 12.1 Å². The summed E-state index contributed by atoms with van der Waals surface area (Å²) in [7, 11) is 0. The van der Waals surface area contributed by atoms with Crippen LogP contribution < -0.4 is 15.4 Å². The van der Waals surface area contributed by atoms with Crippen LogP contribution in [0.3, 0.4) is 0 Å². The number of anilines is 1. The van der Waals surface area contributed by atoms with Gasteiger partial charge in [-0.2, -0.15) is 0 Å². The van der Waals surface area contributed by atoms with E-state index in [0.717, 1.165) is 11.5 Å². The number of benzene rings is 2. The zero-order valence-corrected chi connectivity index (χ0v) is 13.5. The van der Waals surface area contributed by atoms with E-state index in [-0.39, 0.29) is 6.03 Å². The van der Waals surface area contributed by atoms with Crippen LogP contribution in [0, 0.1) is 6.92 Å². The lowest BCUT2D eigenvalue weighted by atomic mass is 10.2. The number of ether oxygens (including phenoxy) is 2. The smallest absolute Gasteiger partial charge is 0.319 e. The Bertz CT molecular complexity index is 609. The topological polar surface area (TPSA) is 59.6 Å². The number of hydrogen-bond donors (Lipinski definition) is 2. The molecule has 0 fully saturated rings. The monoisotopic (exact) mass is 314 g/mol. The number of hydrogen-bond acceptors (Lipinski definition) is 3. The first-order valence-electron chi connectivity index (χ1n) is 7.64. The third-order valence-corrected chi connectivity index (χ3v) is 3.10. The van der Waals surface area contributed by atoms with Crippen LogP contribution in [0.4, 0.5) is 10.5 Å². The van der Waals surface area contributed by atoms with Crippen molar-refractivity contribution in [3.63, 3.8) is 0 Å². The van der Waals surface area contributed by atoms with E-state index in [0.29, 0.717) is 25.4 Å². The van der Waals surface area contributed by atoms with Crippen molar-refractivity contribution >= 4 is 11.7 Å². The molecule has 2 N–H and O–H groups in total. The number of nitrogens with one attached hydrogen (secondary N) is 2. The quantitative estimate of drug-likeness (QED) is 0.761. The molecule has 0 saturated heterocycles. The van der Waals surface area contributed by atoms with E-state index in [1.165, 1.54) is 5.56 Å². The van der Waals surface area contributed by atoms with E-state index < -0.39 is 0 Å². The fourth-order valence-electron chi connectivity index (χ4n) is 1.91. The van der Waals surface area contributed by atoms with E-state index >= 15 is 0 Å². The van der Waals surface area contributed by atoms with E-state index in [2.05, 4.69) is 10.6 Å². The summed E-state index contributed by atoms with van der Waals surface area (Å²) in [5.41, 5.74) is 1.89. The molecule has 0 aliphatic heterocycles. The molecule has 2 aromatic carbocycles. The zero-order chi connectivity index (χ0) is 16.5. The van der Waals surface area contributed by atoms with Crippen molar-refractivity contribution in [2.75, 3.05) is 25.1 Å². The fraction of sp³-hybridized carbons (Fsp3) is 0.278. The maximum absolute atomic E-state index is 11.7. The highest BCUT2D eigenvalue weighted by molar-refractivity contribution is 5.89. The van der Waals surface area contributed by atoms with Gasteiger partial charge in [-0.3, -0.25) is 0 Å². The summed E-state index contributed by atoms with van der Waals surface area (Å²) in [4.78, 5) is 11.7. The van der Waals surface area contributed by atoms with Crippen LogP contribution in [0.1, 0.15) is 12.5 Å². The molecule has 0 aromatic heterocycles. The SMILES string of the molecule is CCOCCNC(=O)Nc1ccc(Oc2ccc(C)cc2)cc1. The van der Waals surface area contributed by atoms with Crippen molar-refractivity contribution in [3.05, 3.63) is 54.1 Å². The lowest BCUT2D eigenvalue weighted by molar-refractivity contribution is 0.150. The minimum Gasteiger partial charge on any atom is -0.457 e. The Balaban J connectivity index is 1.82. The summed E-state index contributed by atoms with van der Waals surface area (Å²) >= 11 is 0. The number of rotatable bonds is 7. The maximum atomic E-state index is 11.7. The highest BCUT2D eigenvalue weighted by atomic mass is 16.5. The van der Waals surface area contributed by atoms with E-state index in [9.17, 15) is 4.79 Å². The van der Waals surface area contributed by atoms with Gasteiger partial charge >= 0.3 is 6.03 Å². The van der Waals surface area contributed by atoms with Crippen molar-refractivity contribution in [1.29, 1.82) is 0 Å². The average molecular weight is 314 g/mol. The largest absolute Gasteiger partial charge is 0.457 e. The number of carbonyl (C=O) groups is 1. The molecule has 5 nitrogen and oxygen atoms in total. The van der Waals surface area contributed by atoms with Crippen LogP contribution >= 0.6 is 0 Å². The summed E-state index contributed by atoms with van der Waals surface area (Å²) in [5.74, 6) is 1.50. The first-order chi connectivity index (χ1) is 11.2. The molecule has 0 aliphatic rings. The molecule has 0 atom stereocenters. The third kappa shape index (κ3) is 6.00. The number of amides is 2. The van der Waals surface area contributed by atoms with Gasteiger partial charge in [0.2, 0.25) is 0 Å². The van der Waals surface area contributed by atoms with Gasteiger partial charge in [-0.15, -0.1) is 0 Å². The molecule has 2 rings (SSSR count). The molecule has 122 valence electrons. The van der Waals surface area contributed by atoms with E-state index in [1.807, 2.05) is 50.2 Å². The van der Waals surface area contributed by atoms with Gasteiger partial charge in [-0.05, 0) is 50.2 Å². The van der Waals surface area contributed by atoms with Crippen LogP contribution in [0.2, 0.25) is 0 Å². The number of aryl methyl sites for hydroxylation is 1. The predicted octanol–water partition coefficient (Wildman–Crippen LogP) is 3.95. The Morgan fingerprint density at radius 2 is 1.61 bits per heavy atom. The first kappa shape index (κ1) is 16.8. The minimum absolute atomic E-state index is 0.253. The van der Waals surface area contributed by atoms with Crippen LogP contribution in [0.15, 0.2) is 48.5 Å². The van der Waals surface area contributed by atoms with Gasteiger partial charge in [0, 0.05) is 18.8 Å². The van der Waals surface area contributed by atoms with Crippen molar-refractivity contribution in [3.8, 4) is 11.5 Å². The van der Waals surface area contributed by atoms with Gasteiger partial charge in [0.25, 0.3) is 0 Å². The van der Waals surface area contributed by atoms with Crippen molar-refractivity contribution < 1.29 is 14.3 Å². The van der Waals surface area contributed by atoms with Crippen molar-refractivity contribution in [1.82, 2.24) is 5.32 Å². The highest BCUT2D eigenvalue weighted by Gasteiger charge is 2.02. The second kappa shape index (κ2) is 8.80. The standard InChI is InChI=1S/C18H22N2O3/c1-3-22-13-12-19-18(21)20-15-6-10-17(11-7-15)23-16-8-4-14(2)5-9-16/h4-11H,3,12-13H2,1-2H3,(H2,19,20,21). The molecule has 0 unspecified atom stereocenters. The third-order valence-electron chi connectivity index (χ3n) is 3.10. The Labute approximate surface area is 136 Å². The Morgan fingerprint density at radius 3 is 2.22 bits per heavy atom. The molecule has 23 heavy (non-hydrogen) atoms. The van der Waals surface area contributed by atoms with Gasteiger partial charge in [0.15, 0.2) is 0 Å². The van der Waals surface area contributed by atoms with Gasteiger partial charge in [0.1, 0.15) is 11.5 Å². The summed E-state index contributed by atoms with van der Waals surface area (Å²) in [5, 5.41) is 5.48. The normalized spacial score (nSPS) is 10.2. The molecule has 0 saturated carbocycles. The molecule has 5 heteroatoms. The fourth-order valence-corrected chi connectivity index (χ4v) is 1.91. The molecule has 2 aromatic rings. The molecule has 2 amide bonds. The Hall–Kier alpha value is -2.53. The van der Waals surface area contributed by atoms with Gasteiger partial charge < -0.3 is 20.1 Å². The molecule has 0 heterocycles. The molecule has 0 bridgehead atoms. The maximum Gasteiger partial charge on any atom is 0.319 e. The van der Waals surface area contributed by atoms with Gasteiger partial charge in [-0.25, -0.2) is 4.79 Å². The lowest BCUT2D eigenvalue weighted by Gasteiger charge is -2.09. The average Bonchev–Trinajstić information content (AvgIpc) is 2.56.